The Morgan fingerprint density at radius 2 is 1.79 bits per heavy atom. The zero-order chi connectivity index (χ0) is 19.8. The standard InChI is InChI=1S/C19H12Cl2N4O2S/c1-10-8-15(26)17(24-25(10)13-5-2-11(20)3-6-13)18(27)23-19-22-14-7-4-12(21)9-16(14)28-19/h2-9H,1H3,(H,22,23,27). The maximum Gasteiger partial charge on any atom is 0.281 e. The van der Waals surface area contributed by atoms with Crippen LogP contribution in [0, 0.1) is 6.92 Å². The molecule has 28 heavy (non-hydrogen) atoms. The average Bonchev–Trinajstić information content (AvgIpc) is 3.04. The van der Waals surface area contributed by atoms with Crippen molar-refractivity contribution in [2.24, 2.45) is 0 Å². The van der Waals surface area contributed by atoms with Gasteiger partial charge in [0.15, 0.2) is 10.8 Å². The molecule has 4 rings (SSSR count). The van der Waals surface area contributed by atoms with Crippen LogP contribution >= 0.6 is 34.5 Å². The van der Waals surface area contributed by atoms with Crippen molar-refractivity contribution in [3.63, 3.8) is 0 Å². The largest absolute Gasteiger partial charge is 0.296 e. The van der Waals surface area contributed by atoms with E-state index in [9.17, 15) is 9.59 Å². The van der Waals surface area contributed by atoms with Gasteiger partial charge in [0, 0.05) is 21.8 Å². The molecule has 2 heterocycles. The average molecular weight is 431 g/mol. The molecule has 0 aliphatic carbocycles. The molecule has 4 aromatic rings. The van der Waals surface area contributed by atoms with Crippen molar-refractivity contribution in [3.05, 3.63) is 80.2 Å². The molecule has 0 radical (unpaired) electrons. The number of fused-ring (bicyclic) bond motifs is 1. The Labute approximate surface area is 173 Å². The van der Waals surface area contributed by atoms with Crippen molar-refractivity contribution >= 4 is 55.8 Å². The second kappa shape index (κ2) is 7.35. The van der Waals surface area contributed by atoms with Crippen LogP contribution in [0.15, 0.2) is 53.3 Å². The van der Waals surface area contributed by atoms with Crippen molar-refractivity contribution in [1.29, 1.82) is 0 Å². The van der Waals surface area contributed by atoms with Gasteiger partial charge in [-0.2, -0.15) is 5.10 Å². The smallest absolute Gasteiger partial charge is 0.281 e. The Hall–Kier alpha value is -2.74. The van der Waals surface area contributed by atoms with Gasteiger partial charge in [0.05, 0.1) is 15.9 Å². The summed E-state index contributed by atoms with van der Waals surface area (Å²) in [5.41, 5.74) is 1.30. The second-order valence-electron chi connectivity index (χ2n) is 5.97. The molecule has 0 spiro atoms. The van der Waals surface area contributed by atoms with Crippen LogP contribution in [-0.2, 0) is 0 Å². The quantitative estimate of drug-likeness (QED) is 0.510. The summed E-state index contributed by atoms with van der Waals surface area (Å²) >= 11 is 13.2. The van der Waals surface area contributed by atoms with E-state index >= 15 is 0 Å². The highest BCUT2D eigenvalue weighted by Crippen LogP contribution is 2.28. The normalized spacial score (nSPS) is 11.0. The SMILES string of the molecule is Cc1cc(=O)c(C(=O)Nc2nc3ccc(Cl)cc3s2)nn1-c1ccc(Cl)cc1. The van der Waals surface area contributed by atoms with Crippen molar-refractivity contribution in [2.75, 3.05) is 5.32 Å². The molecule has 0 atom stereocenters. The molecular weight excluding hydrogens is 419 g/mol. The van der Waals surface area contributed by atoms with E-state index in [1.807, 2.05) is 0 Å². The highest BCUT2D eigenvalue weighted by molar-refractivity contribution is 7.22. The molecular formula is C19H12Cl2N4O2S. The van der Waals surface area contributed by atoms with Gasteiger partial charge in [-0.1, -0.05) is 34.5 Å². The lowest BCUT2D eigenvalue weighted by Crippen LogP contribution is -2.26. The number of hydrogen-bond donors (Lipinski definition) is 1. The van der Waals surface area contributed by atoms with E-state index in [-0.39, 0.29) is 5.69 Å². The molecule has 0 saturated carbocycles. The lowest BCUT2D eigenvalue weighted by molar-refractivity contribution is 0.101. The highest BCUT2D eigenvalue weighted by Gasteiger charge is 2.17. The molecule has 9 heteroatoms. The van der Waals surface area contributed by atoms with Crippen LogP contribution in [0.2, 0.25) is 10.0 Å². The number of aryl methyl sites for hydroxylation is 1. The fourth-order valence-electron chi connectivity index (χ4n) is 2.66. The summed E-state index contributed by atoms with van der Waals surface area (Å²) in [6.45, 7) is 1.74. The first-order chi connectivity index (χ1) is 13.4. The van der Waals surface area contributed by atoms with Gasteiger partial charge in [0.1, 0.15) is 0 Å². The lowest BCUT2D eigenvalue weighted by atomic mass is 10.2. The molecule has 1 amide bonds. The predicted molar refractivity (Wildman–Crippen MR) is 112 cm³/mol. The molecule has 6 nitrogen and oxygen atoms in total. The number of amides is 1. The number of nitrogens with one attached hydrogen (secondary N) is 1. The molecule has 2 aromatic heterocycles. The maximum absolute atomic E-state index is 12.7. The van der Waals surface area contributed by atoms with E-state index in [1.54, 1.807) is 49.4 Å². The number of anilines is 1. The van der Waals surface area contributed by atoms with Gasteiger partial charge in [-0.3, -0.25) is 14.9 Å². The number of benzene rings is 2. The first kappa shape index (κ1) is 18.6. The Balaban J connectivity index is 1.69. The Bertz CT molecular complexity index is 1270. The van der Waals surface area contributed by atoms with Gasteiger partial charge < -0.3 is 0 Å². The van der Waals surface area contributed by atoms with Crippen molar-refractivity contribution in [1.82, 2.24) is 14.8 Å². The first-order valence-corrected chi connectivity index (χ1v) is 9.72. The highest BCUT2D eigenvalue weighted by atomic mass is 35.5. The monoisotopic (exact) mass is 430 g/mol. The Kier molecular flexibility index (Phi) is 4.89. The molecule has 2 aromatic carbocycles. The minimum absolute atomic E-state index is 0.224. The molecule has 0 saturated heterocycles. The third-order valence-electron chi connectivity index (χ3n) is 3.96. The van der Waals surface area contributed by atoms with Crippen LogP contribution in [-0.4, -0.2) is 20.7 Å². The summed E-state index contributed by atoms with van der Waals surface area (Å²) < 4.78 is 2.35. The number of halogens is 2. The zero-order valence-corrected chi connectivity index (χ0v) is 16.8. The summed E-state index contributed by atoms with van der Waals surface area (Å²) in [6, 6.07) is 13.6. The number of rotatable bonds is 3. The molecule has 0 aliphatic heterocycles. The fourth-order valence-corrected chi connectivity index (χ4v) is 3.92. The van der Waals surface area contributed by atoms with Crippen molar-refractivity contribution < 1.29 is 4.79 Å². The van der Waals surface area contributed by atoms with Crippen LogP contribution in [0.25, 0.3) is 15.9 Å². The number of carbonyl (C=O) groups excluding carboxylic acids is 1. The van der Waals surface area contributed by atoms with Crippen LogP contribution in [0.5, 0.6) is 0 Å². The Morgan fingerprint density at radius 1 is 1.07 bits per heavy atom. The maximum atomic E-state index is 12.7. The van der Waals surface area contributed by atoms with Gasteiger partial charge in [-0.15, -0.1) is 0 Å². The van der Waals surface area contributed by atoms with Gasteiger partial charge in [-0.25, -0.2) is 9.67 Å². The molecule has 0 fully saturated rings. The van der Waals surface area contributed by atoms with Crippen LogP contribution in [0.4, 0.5) is 5.13 Å². The van der Waals surface area contributed by atoms with Gasteiger partial charge in [0.2, 0.25) is 5.43 Å². The van der Waals surface area contributed by atoms with Crippen molar-refractivity contribution in [3.8, 4) is 5.69 Å². The Morgan fingerprint density at radius 3 is 2.54 bits per heavy atom. The van der Waals surface area contributed by atoms with E-state index < -0.39 is 11.3 Å². The molecule has 1 N–H and O–H groups in total. The number of aromatic nitrogens is 3. The van der Waals surface area contributed by atoms with E-state index in [0.717, 1.165) is 4.70 Å². The zero-order valence-electron chi connectivity index (χ0n) is 14.4. The number of hydrogen-bond acceptors (Lipinski definition) is 5. The van der Waals surface area contributed by atoms with Gasteiger partial charge >= 0.3 is 0 Å². The topological polar surface area (TPSA) is 76.9 Å². The molecule has 0 aliphatic rings. The lowest BCUT2D eigenvalue weighted by Gasteiger charge is -2.11. The van der Waals surface area contributed by atoms with E-state index in [4.69, 9.17) is 23.2 Å². The van der Waals surface area contributed by atoms with E-state index in [2.05, 4.69) is 15.4 Å². The van der Waals surface area contributed by atoms with Crippen molar-refractivity contribution in [2.45, 2.75) is 6.92 Å². The number of carbonyl (C=O) groups is 1. The fraction of sp³-hybridized carbons (Fsp3) is 0.0526. The summed E-state index contributed by atoms with van der Waals surface area (Å²) in [5, 5.41) is 8.41. The van der Waals surface area contributed by atoms with Crippen LogP contribution in [0.3, 0.4) is 0 Å². The van der Waals surface area contributed by atoms with Gasteiger partial charge in [0.25, 0.3) is 5.91 Å². The first-order valence-electron chi connectivity index (χ1n) is 8.15. The third kappa shape index (κ3) is 3.64. The van der Waals surface area contributed by atoms with Crippen LogP contribution in [0.1, 0.15) is 16.2 Å². The summed E-state index contributed by atoms with van der Waals surface area (Å²) in [6.07, 6.45) is 0. The summed E-state index contributed by atoms with van der Waals surface area (Å²) in [4.78, 5) is 29.3. The van der Waals surface area contributed by atoms with Gasteiger partial charge in [-0.05, 0) is 49.4 Å². The third-order valence-corrected chi connectivity index (χ3v) is 5.39. The van der Waals surface area contributed by atoms with Crippen LogP contribution < -0.4 is 10.7 Å². The predicted octanol–water partition coefficient (Wildman–Crippen LogP) is 4.71. The summed E-state index contributed by atoms with van der Waals surface area (Å²) in [7, 11) is 0. The molecule has 0 unspecified atom stereocenters. The molecule has 0 bridgehead atoms. The minimum Gasteiger partial charge on any atom is -0.296 e. The molecule has 140 valence electrons. The van der Waals surface area contributed by atoms with E-state index in [0.29, 0.717) is 32.1 Å². The van der Waals surface area contributed by atoms with E-state index in [1.165, 1.54) is 22.1 Å². The number of nitrogens with zero attached hydrogens (tertiary/aromatic N) is 3. The summed E-state index contributed by atoms with van der Waals surface area (Å²) in [5.74, 6) is -0.627. The minimum atomic E-state index is -0.627. The second-order valence-corrected chi connectivity index (χ2v) is 7.88. The number of thiazole rings is 1.